The lowest BCUT2D eigenvalue weighted by Crippen LogP contribution is -2.27. The molecule has 0 aliphatic rings. The molecule has 0 aliphatic heterocycles. The van der Waals surface area contributed by atoms with Crippen molar-refractivity contribution in [2.45, 2.75) is 33.1 Å². The SMILES string of the molecule is CC[C@@](C)(CC(=O)O)CC(=O)Nc1cccc(OC)c1. The van der Waals surface area contributed by atoms with Crippen LogP contribution in [0.2, 0.25) is 0 Å². The lowest BCUT2D eigenvalue weighted by atomic mass is 9.80. The predicted molar refractivity (Wildman–Crippen MR) is 76.9 cm³/mol. The van der Waals surface area contributed by atoms with Gasteiger partial charge in [0.25, 0.3) is 0 Å². The molecule has 110 valence electrons. The summed E-state index contributed by atoms with van der Waals surface area (Å²) in [6.45, 7) is 3.70. The zero-order valence-corrected chi connectivity index (χ0v) is 12.1. The Morgan fingerprint density at radius 3 is 2.60 bits per heavy atom. The van der Waals surface area contributed by atoms with Crippen LogP contribution in [0.5, 0.6) is 5.75 Å². The van der Waals surface area contributed by atoms with Gasteiger partial charge in [0, 0.05) is 18.2 Å². The number of amides is 1. The largest absolute Gasteiger partial charge is 0.497 e. The molecule has 0 bridgehead atoms. The van der Waals surface area contributed by atoms with Gasteiger partial charge < -0.3 is 15.2 Å². The number of carboxylic acids is 1. The Labute approximate surface area is 118 Å². The average Bonchev–Trinajstić information content (AvgIpc) is 2.37. The number of methoxy groups -OCH3 is 1. The van der Waals surface area contributed by atoms with E-state index in [1.54, 1.807) is 31.4 Å². The van der Waals surface area contributed by atoms with Crippen LogP contribution in [0.1, 0.15) is 33.1 Å². The maximum Gasteiger partial charge on any atom is 0.303 e. The molecule has 5 heteroatoms. The molecule has 0 saturated heterocycles. The molecule has 0 radical (unpaired) electrons. The number of aliphatic carboxylic acids is 1. The van der Waals surface area contributed by atoms with Crippen LogP contribution in [0.3, 0.4) is 0 Å². The van der Waals surface area contributed by atoms with Crippen LogP contribution in [-0.4, -0.2) is 24.1 Å². The Morgan fingerprint density at radius 1 is 1.35 bits per heavy atom. The second-order valence-corrected chi connectivity index (χ2v) is 5.19. The second-order valence-electron chi connectivity index (χ2n) is 5.19. The van der Waals surface area contributed by atoms with Crippen LogP contribution in [-0.2, 0) is 9.59 Å². The van der Waals surface area contributed by atoms with Gasteiger partial charge >= 0.3 is 5.97 Å². The maximum absolute atomic E-state index is 12.0. The summed E-state index contributed by atoms with van der Waals surface area (Å²) >= 11 is 0. The second kappa shape index (κ2) is 6.93. The van der Waals surface area contributed by atoms with Crippen molar-refractivity contribution in [3.63, 3.8) is 0 Å². The molecule has 1 amide bonds. The number of hydrogen-bond acceptors (Lipinski definition) is 3. The van der Waals surface area contributed by atoms with Gasteiger partial charge in [0.2, 0.25) is 5.91 Å². The van der Waals surface area contributed by atoms with Crippen molar-refractivity contribution in [1.82, 2.24) is 0 Å². The first-order valence-electron chi connectivity index (χ1n) is 6.54. The van der Waals surface area contributed by atoms with E-state index in [-0.39, 0.29) is 18.7 Å². The number of anilines is 1. The van der Waals surface area contributed by atoms with Gasteiger partial charge in [-0.1, -0.05) is 19.9 Å². The fraction of sp³-hybridized carbons (Fsp3) is 0.467. The fourth-order valence-corrected chi connectivity index (χ4v) is 1.97. The minimum Gasteiger partial charge on any atom is -0.497 e. The Bertz CT molecular complexity index is 487. The standard InChI is InChI=1S/C15H21NO4/c1-4-15(2,10-14(18)19)9-13(17)16-11-6-5-7-12(8-11)20-3/h5-8H,4,9-10H2,1-3H3,(H,16,17)(H,18,19)/t15-/m1/s1. The van der Waals surface area contributed by atoms with E-state index in [9.17, 15) is 9.59 Å². The molecule has 0 fully saturated rings. The maximum atomic E-state index is 12.0. The van der Waals surface area contributed by atoms with Crippen LogP contribution in [0.25, 0.3) is 0 Å². The van der Waals surface area contributed by atoms with Crippen LogP contribution in [0.4, 0.5) is 5.69 Å². The lowest BCUT2D eigenvalue weighted by molar-refractivity contribution is -0.140. The molecule has 1 aromatic carbocycles. The van der Waals surface area contributed by atoms with E-state index in [2.05, 4.69) is 5.32 Å². The summed E-state index contributed by atoms with van der Waals surface area (Å²) in [5.74, 6) is -0.418. The molecule has 5 nitrogen and oxygen atoms in total. The topological polar surface area (TPSA) is 75.6 Å². The summed E-state index contributed by atoms with van der Waals surface area (Å²) in [7, 11) is 1.56. The molecule has 1 rings (SSSR count). The average molecular weight is 279 g/mol. The number of carboxylic acid groups (broad SMARTS) is 1. The molecule has 0 aliphatic carbocycles. The first-order valence-corrected chi connectivity index (χ1v) is 6.54. The summed E-state index contributed by atoms with van der Waals surface area (Å²) in [5.41, 5.74) is 0.109. The van der Waals surface area contributed by atoms with Gasteiger partial charge in [-0.15, -0.1) is 0 Å². The highest BCUT2D eigenvalue weighted by molar-refractivity contribution is 5.91. The van der Waals surface area contributed by atoms with Crippen molar-refractivity contribution in [3.8, 4) is 5.75 Å². The Kier molecular flexibility index (Phi) is 5.55. The highest BCUT2D eigenvalue weighted by atomic mass is 16.5. The minimum atomic E-state index is -0.886. The zero-order valence-electron chi connectivity index (χ0n) is 12.1. The molecule has 0 saturated carbocycles. The van der Waals surface area contributed by atoms with Crippen LogP contribution in [0, 0.1) is 5.41 Å². The summed E-state index contributed by atoms with van der Waals surface area (Å²) in [6, 6.07) is 7.06. The summed E-state index contributed by atoms with van der Waals surface area (Å²) in [6.07, 6.45) is 0.785. The van der Waals surface area contributed by atoms with Gasteiger partial charge in [-0.3, -0.25) is 9.59 Å². The number of carbonyl (C=O) groups is 2. The third kappa shape index (κ3) is 4.91. The van der Waals surface area contributed by atoms with Gasteiger partial charge in [0.1, 0.15) is 5.75 Å². The van der Waals surface area contributed by atoms with Gasteiger partial charge in [0.15, 0.2) is 0 Å². The zero-order chi connectivity index (χ0) is 15.2. The molecule has 1 aromatic rings. The molecule has 1 atom stereocenters. The fourth-order valence-electron chi connectivity index (χ4n) is 1.97. The van der Waals surface area contributed by atoms with Crippen molar-refractivity contribution in [1.29, 1.82) is 0 Å². The number of hydrogen-bond donors (Lipinski definition) is 2. The number of nitrogens with one attached hydrogen (secondary N) is 1. The van der Waals surface area contributed by atoms with E-state index in [4.69, 9.17) is 9.84 Å². The normalized spacial score (nSPS) is 13.3. The molecule has 0 aromatic heterocycles. The number of carbonyl (C=O) groups excluding carboxylic acids is 1. The van der Waals surface area contributed by atoms with E-state index in [0.29, 0.717) is 17.9 Å². The van der Waals surface area contributed by atoms with E-state index in [1.165, 1.54) is 0 Å². The van der Waals surface area contributed by atoms with E-state index in [0.717, 1.165) is 0 Å². The molecular formula is C15H21NO4. The van der Waals surface area contributed by atoms with Gasteiger partial charge in [0.05, 0.1) is 13.5 Å². The molecule has 0 unspecified atom stereocenters. The van der Waals surface area contributed by atoms with Gasteiger partial charge in [-0.2, -0.15) is 0 Å². The quantitative estimate of drug-likeness (QED) is 0.804. The number of rotatable bonds is 7. The highest BCUT2D eigenvalue weighted by Crippen LogP contribution is 2.30. The molecule has 2 N–H and O–H groups in total. The van der Waals surface area contributed by atoms with Crippen molar-refractivity contribution < 1.29 is 19.4 Å². The Hall–Kier alpha value is -2.04. The van der Waals surface area contributed by atoms with Gasteiger partial charge in [-0.25, -0.2) is 0 Å². The van der Waals surface area contributed by atoms with Crippen molar-refractivity contribution in [2.24, 2.45) is 5.41 Å². The first-order chi connectivity index (χ1) is 9.38. The Balaban J connectivity index is 2.68. The summed E-state index contributed by atoms with van der Waals surface area (Å²) in [5, 5.41) is 11.7. The molecule has 20 heavy (non-hydrogen) atoms. The van der Waals surface area contributed by atoms with Crippen molar-refractivity contribution in [3.05, 3.63) is 24.3 Å². The van der Waals surface area contributed by atoms with Crippen LogP contribution < -0.4 is 10.1 Å². The Morgan fingerprint density at radius 2 is 2.05 bits per heavy atom. The molecule has 0 heterocycles. The number of benzene rings is 1. The lowest BCUT2D eigenvalue weighted by Gasteiger charge is -2.25. The third-order valence-electron chi connectivity index (χ3n) is 3.37. The summed E-state index contributed by atoms with van der Waals surface area (Å²) in [4.78, 5) is 22.9. The summed E-state index contributed by atoms with van der Waals surface area (Å²) < 4.78 is 5.08. The third-order valence-corrected chi connectivity index (χ3v) is 3.37. The first kappa shape index (κ1) is 16.0. The minimum absolute atomic E-state index is 0.0188. The predicted octanol–water partition coefficient (Wildman–Crippen LogP) is 2.91. The highest BCUT2D eigenvalue weighted by Gasteiger charge is 2.28. The van der Waals surface area contributed by atoms with Crippen molar-refractivity contribution in [2.75, 3.05) is 12.4 Å². The van der Waals surface area contributed by atoms with E-state index < -0.39 is 11.4 Å². The van der Waals surface area contributed by atoms with Crippen molar-refractivity contribution >= 4 is 17.6 Å². The molecular weight excluding hydrogens is 258 g/mol. The van der Waals surface area contributed by atoms with E-state index in [1.807, 2.05) is 13.8 Å². The monoisotopic (exact) mass is 279 g/mol. The van der Waals surface area contributed by atoms with E-state index >= 15 is 0 Å². The number of ether oxygens (including phenoxy) is 1. The van der Waals surface area contributed by atoms with Crippen LogP contribution >= 0.6 is 0 Å². The van der Waals surface area contributed by atoms with Crippen LogP contribution in [0.15, 0.2) is 24.3 Å². The molecule has 0 spiro atoms. The smallest absolute Gasteiger partial charge is 0.303 e. The van der Waals surface area contributed by atoms with Gasteiger partial charge in [-0.05, 0) is 24.0 Å².